The molecule has 3 aromatic rings. The smallest absolute Gasteiger partial charge is 0.267 e. The summed E-state index contributed by atoms with van der Waals surface area (Å²) in [7, 11) is 0. The zero-order valence-corrected chi connectivity index (χ0v) is 10.3. The number of nitrogens with one attached hydrogen (secondary N) is 1. The second kappa shape index (κ2) is 3.92. The van der Waals surface area contributed by atoms with Crippen LogP contribution >= 0.6 is 11.3 Å². The van der Waals surface area contributed by atoms with E-state index >= 15 is 0 Å². The quantitative estimate of drug-likeness (QED) is 0.719. The molecule has 0 aliphatic heterocycles. The molecule has 1 aromatic carbocycles. The number of aryl methyl sites for hydroxylation is 1. The zero-order valence-electron chi connectivity index (χ0n) is 9.51. The summed E-state index contributed by atoms with van der Waals surface area (Å²) in [5, 5.41) is 5.64. The van der Waals surface area contributed by atoms with Gasteiger partial charge in [-0.25, -0.2) is 4.98 Å². The number of nitrogens with zero attached hydrogens (tertiary/aromatic N) is 2. The predicted octanol–water partition coefficient (Wildman–Crippen LogP) is 1.44. The van der Waals surface area contributed by atoms with Gasteiger partial charge in [-0.1, -0.05) is 12.1 Å². The van der Waals surface area contributed by atoms with E-state index in [9.17, 15) is 9.59 Å². The van der Waals surface area contributed by atoms with E-state index in [-0.39, 0.29) is 11.1 Å². The van der Waals surface area contributed by atoms with Crippen LogP contribution in [-0.2, 0) is 0 Å². The highest BCUT2D eigenvalue weighted by molar-refractivity contribution is 7.12. The lowest BCUT2D eigenvalue weighted by Gasteiger charge is -2.02. The van der Waals surface area contributed by atoms with Crippen LogP contribution in [0.4, 0.5) is 0 Å². The lowest BCUT2D eigenvalue weighted by molar-refractivity contribution is 0.792. The number of rotatable bonds is 1. The molecule has 0 saturated heterocycles. The Bertz CT molecular complexity index is 844. The minimum atomic E-state index is -0.293. The topological polar surface area (TPSA) is 67.8 Å². The van der Waals surface area contributed by atoms with Crippen LogP contribution in [0.2, 0.25) is 0 Å². The van der Waals surface area contributed by atoms with Gasteiger partial charge in [0.15, 0.2) is 0 Å². The highest BCUT2D eigenvalue weighted by atomic mass is 32.1. The zero-order chi connectivity index (χ0) is 12.7. The minimum absolute atomic E-state index is 0.264. The number of H-pyrrole nitrogens is 1. The van der Waals surface area contributed by atoms with Crippen LogP contribution in [0.3, 0.4) is 0 Å². The minimum Gasteiger partial charge on any atom is -0.267 e. The van der Waals surface area contributed by atoms with Gasteiger partial charge in [-0.05, 0) is 19.1 Å². The number of hydrogen-bond donors (Lipinski definition) is 1. The van der Waals surface area contributed by atoms with Gasteiger partial charge >= 0.3 is 0 Å². The lowest BCUT2D eigenvalue weighted by Crippen LogP contribution is -2.28. The van der Waals surface area contributed by atoms with Crippen molar-refractivity contribution in [2.45, 2.75) is 6.92 Å². The fourth-order valence-electron chi connectivity index (χ4n) is 1.78. The van der Waals surface area contributed by atoms with Gasteiger partial charge in [-0.2, -0.15) is 4.68 Å². The van der Waals surface area contributed by atoms with Crippen molar-refractivity contribution in [3.63, 3.8) is 0 Å². The third-order valence-corrected chi connectivity index (χ3v) is 3.56. The van der Waals surface area contributed by atoms with Gasteiger partial charge in [0, 0.05) is 5.38 Å². The van der Waals surface area contributed by atoms with Gasteiger partial charge in [0.05, 0.1) is 16.5 Å². The molecule has 0 radical (unpaired) electrons. The van der Waals surface area contributed by atoms with Gasteiger partial charge in [-0.15, -0.1) is 11.3 Å². The molecule has 18 heavy (non-hydrogen) atoms. The standard InChI is InChI=1S/C12H9N3O2S/c1-7-6-18-12(13-7)15-11(17)9-5-3-2-4-8(9)10(16)14-15/h2-6H,1H3,(H,14,16). The van der Waals surface area contributed by atoms with Crippen molar-refractivity contribution in [3.05, 3.63) is 56.0 Å². The van der Waals surface area contributed by atoms with Crippen molar-refractivity contribution in [2.24, 2.45) is 0 Å². The van der Waals surface area contributed by atoms with Crippen LogP contribution in [0.25, 0.3) is 15.9 Å². The Balaban J connectivity index is 2.42. The molecule has 0 bridgehead atoms. The van der Waals surface area contributed by atoms with E-state index in [0.29, 0.717) is 15.9 Å². The van der Waals surface area contributed by atoms with E-state index in [1.165, 1.54) is 16.0 Å². The molecule has 5 nitrogen and oxygen atoms in total. The maximum atomic E-state index is 12.2. The van der Waals surface area contributed by atoms with Crippen molar-refractivity contribution >= 4 is 22.1 Å². The van der Waals surface area contributed by atoms with Gasteiger partial charge < -0.3 is 0 Å². The number of thiazole rings is 1. The fraction of sp³-hybridized carbons (Fsp3) is 0.0833. The largest absolute Gasteiger partial charge is 0.279 e. The van der Waals surface area contributed by atoms with Crippen molar-refractivity contribution in [1.29, 1.82) is 0 Å². The Morgan fingerprint density at radius 3 is 2.61 bits per heavy atom. The van der Waals surface area contributed by atoms with E-state index < -0.39 is 0 Å². The molecule has 0 aliphatic rings. The molecule has 2 heterocycles. The summed E-state index contributed by atoms with van der Waals surface area (Å²) in [6.07, 6.45) is 0. The highest BCUT2D eigenvalue weighted by Gasteiger charge is 2.10. The monoisotopic (exact) mass is 259 g/mol. The maximum absolute atomic E-state index is 12.2. The van der Waals surface area contributed by atoms with Crippen molar-refractivity contribution in [2.75, 3.05) is 0 Å². The molecule has 2 aromatic heterocycles. The second-order valence-electron chi connectivity index (χ2n) is 3.90. The van der Waals surface area contributed by atoms with Gasteiger partial charge in [-0.3, -0.25) is 14.7 Å². The normalized spacial score (nSPS) is 10.9. The summed E-state index contributed by atoms with van der Waals surface area (Å²) in [4.78, 5) is 28.3. The van der Waals surface area contributed by atoms with E-state index in [1.54, 1.807) is 24.3 Å². The van der Waals surface area contributed by atoms with Crippen LogP contribution in [-0.4, -0.2) is 14.8 Å². The Morgan fingerprint density at radius 2 is 1.94 bits per heavy atom. The Hall–Kier alpha value is -2.21. The molecular formula is C12H9N3O2S. The summed E-state index contributed by atoms with van der Waals surface area (Å²) in [6.45, 7) is 1.84. The first kappa shape index (κ1) is 10.9. The summed E-state index contributed by atoms with van der Waals surface area (Å²) in [5.74, 6) is 0. The first-order chi connectivity index (χ1) is 8.66. The lowest BCUT2D eigenvalue weighted by atomic mass is 10.2. The van der Waals surface area contributed by atoms with E-state index in [0.717, 1.165) is 5.69 Å². The Kier molecular flexibility index (Phi) is 2.38. The molecule has 0 atom stereocenters. The predicted molar refractivity (Wildman–Crippen MR) is 70.6 cm³/mol. The van der Waals surface area contributed by atoms with E-state index in [1.807, 2.05) is 12.3 Å². The first-order valence-electron chi connectivity index (χ1n) is 5.33. The van der Waals surface area contributed by atoms with Crippen molar-refractivity contribution < 1.29 is 0 Å². The van der Waals surface area contributed by atoms with Gasteiger partial charge in [0.2, 0.25) is 5.13 Å². The second-order valence-corrected chi connectivity index (χ2v) is 4.74. The van der Waals surface area contributed by atoms with Crippen LogP contribution in [0, 0.1) is 6.92 Å². The van der Waals surface area contributed by atoms with Gasteiger partial charge in [0.1, 0.15) is 0 Å². The van der Waals surface area contributed by atoms with E-state index in [4.69, 9.17) is 0 Å². The average Bonchev–Trinajstić information content (AvgIpc) is 2.80. The van der Waals surface area contributed by atoms with Crippen LogP contribution in [0.5, 0.6) is 0 Å². The SMILES string of the molecule is Cc1csc(-n2[nH]c(=O)c3ccccc3c2=O)n1. The molecule has 0 saturated carbocycles. The number of aromatic amines is 1. The molecule has 0 amide bonds. The maximum Gasteiger partial charge on any atom is 0.279 e. The van der Waals surface area contributed by atoms with Gasteiger partial charge in [0.25, 0.3) is 11.1 Å². The van der Waals surface area contributed by atoms with Crippen LogP contribution in [0.15, 0.2) is 39.2 Å². The molecule has 3 rings (SSSR count). The third kappa shape index (κ3) is 1.58. The number of fused-ring (bicyclic) bond motifs is 1. The molecule has 0 aliphatic carbocycles. The molecule has 6 heteroatoms. The number of aromatic nitrogens is 3. The van der Waals surface area contributed by atoms with Crippen LogP contribution < -0.4 is 11.1 Å². The van der Waals surface area contributed by atoms with Crippen LogP contribution in [0.1, 0.15) is 5.69 Å². The molecular weight excluding hydrogens is 250 g/mol. The summed E-state index contributed by atoms with van der Waals surface area (Å²) < 4.78 is 1.20. The van der Waals surface area contributed by atoms with Crippen molar-refractivity contribution in [3.8, 4) is 5.13 Å². The highest BCUT2D eigenvalue weighted by Crippen LogP contribution is 2.12. The average molecular weight is 259 g/mol. The number of benzene rings is 1. The molecule has 0 spiro atoms. The molecule has 0 unspecified atom stereocenters. The first-order valence-corrected chi connectivity index (χ1v) is 6.21. The summed E-state index contributed by atoms with van der Waals surface area (Å²) in [6, 6.07) is 6.74. The molecule has 90 valence electrons. The fourth-order valence-corrected chi connectivity index (χ4v) is 2.54. The third-order valence-electron chi connectivity index (χ3n) is 2.62. The molecule has 0 fully saturated rings. The Morgan fingerprint density at radius 1 is 1.22 bits per heavy atom. The summed E-state index contributed by atoms with van der Waals surface area (Å²) in [5.41, 5.74) is 0.258. The number of hydrogen-bond acceptors (Lipinski definition) is 4. The molecule has 1 N–H and O–H groups in total. The van der Waals surface area contributed by atoms with Crippen molar-refractivity contribution in [1.82, 2.24) is 14.8 Å². The Labute approximate surface area is 105 Å². The summed E-state index contributed by atoms with van der Waals surface area (Å²) >= 11 is 1.32. The van der Waals surface area contributed by atoms with E-state index in [2.05, 4.69) is 10.1 Å².